The topological polar surface area (TPSA) is 70.2 Å². The zero-order valence-corrected chi connectivity index (χ0v) is 14.8. The Balaban J connectivity index is 1.85. The molecule has 0 aliphatic rings. The molecule has 0 saturated carbocycles. The highest BCUT2D eigenvalue weighted by atomic mass is 35.5. The summed E-state index contributed by atoms with van der Waals surface area (Å²) in [4.78, 5) is 23.1. The zero-order valence-electron chi connectivity index (χ0n) is 13.2. The second-order valence-corrected chi connectivity index (χ2v) is 5.95. The number of thiocarbonyl (C=S) groups is 1. The van der Waals surface area contributed by atoms with Crippen LogP contribution in [0, 0.1) is 5.82 Å². The molecule has 8 heteroatoms. The van der Waals surface area contributed by atoms with Crippen molar-refractivity contribution >= 4 is 46.3 Å². The number of hydrogen-bond donors (Lipinski definition) is 3. The van der Waals surface area contributed by atoms with E-state index in [0.717, 1.165) is 0 Å². The number of anilines is 1. The largest absolute Gasteiger partial charge is 0.331 e. The van der Waals surface area contributed by atoms with Crippen LogP contribution in [0.5, 0.6) is 0 Å². The minimum atomic E-state index is -0.547. The Labute approximate surface area is 154 Å². The number of hydrogen-bond acceptors (Lipinski definition) is 3. The molecule has 0 spiro atoms. The van der Waals surface area contributed by atoms with E-state index in [2.05, 4.69) is 16.2 Å². The van der Waals surface area contributed by atoms with Crippen molar-refractivity contribution in [3.63, 3.8) is 0 Å². The summed E-state index contributed by atoms with van der Waals surface area (Å²) in [5, 5.41) is 3.17. The maximum atomic E-state index is 13.6. The van der Waals surface area contributed by atoms with Gasteiger partial charge in [0.1, 0.15) is 5.82 Å². The monoisotopic (exact) mass is 379 g/mol. The average Bonchev–Trinajstić information content (AvgIpc) is 2.57. The lowest BCUT2D eigenvalue weighted by molar-refractivity contribution is -0.121. The van der Waals surface area contributed by atoms with Crippen molar-refractivity contribution in [2.75, 3.05) is 5.32 Å². The van der Waals surface area contributed by atoms with Gasteiger partial charge in [0.15, 0.2) is 10.9 Å². The lowest BCUT2D eigenvalue weighted by atomic mass is 10.1. The molecule has 0 saturated heterocycles. The first kappa shape index (κ1) is 18.8. The maximum Gasteiger partial charge on any atom is 0.242 e. The molecule has 0 aliphatic carbocycles. The minimum absolute atomic E-state index is 0.0358. The molecule has 0 unspecified atom stereocenters. The summed E-state index contributed by atoms with van der Waals surface area (Å²) in [5.41, 5.74) is 6.22. The molecule has 130 valence electrons. The highest BCUT2D eigenvalue weighted by Crippen LogP contribution is 2.19. The van der Waals surface area contributed by atoms with Gasteiger partial charge in [0, 0.05) is 21.8 Å². The van der Waals surface area contributed by atoms with Crippen molar-refractivity contribution in [2.45, 2.75) is 13.3 Å². The number of amides is 1. The van der Waals surface area contributed by atoms with Gasteiger partial charge < -0.3 is 5.32 Å². The van der Waals surface area contributed by atoms with Crippen LogP contribution in [0.2, 0.25) is 5.02 Å². The maximum absolute atomic E-state index is 13.6. The summed E-state index contributed by atoms with van der Waals surface area (Å²) in [7, 11) is 0. The fraction of sp³-hybridized carbons (Fsp3) is 0.118. The number of ketones is 1. The first-order chi connectivity index (χ1) is 11.9. The molecule has 2 rings (SSSR count). The highest BCUT2D eigenvalue weighted by molar-refractivity contribution is 7.80. The van der Waals surface area contributed by atoms with E-state index >= 15 is 0 Å². The molecule has 0 bridgehead atoms. The quantitative estimate of drug-likeness (QED) is 0.432. The number of nitrogens with one attached hydrogen (secondary N) is 3. The van der Waals surface area contributed by atoms with Crippen molar-refractivity contribution < 1.29 is 14.0 Å². The van der Waals surface area contributed by atoms with Crippen molar-refractivity contribution in [1.82, 2.24) is 10.9 Å². The van der Waals surface area contributed by atoms with E-state index in [-0.39, 0.29) is 27.9 Å². The van der Waals surface area contributed by atoms with E-state index in [0.29, 0.717) is 11.3 Å². The third-order valence-corrected chi connectivity index (χ3v) is 3.82. The van der Waals surface area contributed by atoms with Crippen LogP contribution < -0.4 is 16.2 Å². The summed E-state index contributed by atoms with van der Waals surface area (Å²) >= 11 is 10.9. The molecular formula is C17H15ClFN3O2S. The Kier molecular flexibility index (Phi) is 6.44. The number of benzene rings is 2. The summed E-state index contributed by atoms with van der Waals surface area (Å²) in [6.45, 7) is 1.48. The normalized spacial score (nSPS) is 10.0. The van der Waals surface area contributed by atoms with Crippen LogP contribution in [0.3, 0.4) is 0 Å². The fourth-order valence-electron chi connectivity index (χ4n) is 1.98. The van der Waals surface area contributed by atoms with Crippen LogP contribution in [0.1, 0.15) is 22.8 Å². The second-order valence-electron chi connectivity index (χ2n) is 5.14. The number of Topliss-reactive ketones (excluding diaryl/α,β-unsaturated/α-hetero) is 1. The standard InChI is InChI=1S/C17H15ClFN3O2S/c1-10(23)11-5-7-12(8-6-11)20-17(25)22-21-16(24)9-13-14(18)3-2-4-15(13)19/h2-8H,9H2,1H3,(H,21,24)(H2,20,22,25). The van der Waals surface area contributed by atoms with E-state index in [1.165, 1.54) is 25.1 Å². The number of hydrazine groups is 1. The van der Waals surface area contributed by atoms with Crippen LogP contribution in [0.15, 0.2) is 42.5 Å². The minimum Gasteiger partial charge on any atom is -0.331 e. The summed E-state index contributed by atoms with van der Waals surface area (Å²) in [5.74, 6) is -1.08. The molecule has 1 amide bonds. The van der Waals surface area contributed by atoms with Gasteiger partial charge in [0.05, 0.1) is 6.42 Å². The van der Waals surface area contributed by atoms with Gasteiger partial charge in [0.25, 0.3) is 0 Å². The van der Waals surface area contributed by atoms with Gasteiger partial charge in [-0.3, -0.25) is 20.4 Å². The van der Waals surface area contributed by atoms with Crippen LogP contribution in [0.25, 0.3) is 0 Å². The molecule has 2 aromatic carbocycles. The third-order valence-electron chi connectivity index (χ3n) is 3.26. The molecule has 5 nitrogen and oxygen atoms in total. The fourth-order valence-corrected chi connectivity index (χ4v) is 2.38. The lowest BCUT2D eigenvalue weighted by Crippen LogP contribution is -2.44. The van der Waals surface area contributed by atoms with Crippen LogP contribution in [0.4, 0.5) is 10.1 Å². The SMILES string of the molecule is CC(=O)c1ccc(NC(=S)NNC(=O)Cc2c(F)cccc2Cl)cc1. The molecule has 0 atom stereocenters. The van der Waals surface area contributed by atoms with Gasteiger partial charge in [-0.15, -0.1) is 0 Å². The molecule has 3 N–H and O–H groups in total. The first-order valence-corrected chi connectivity index (χ1v) is 8.05. The summed E-state index contributed by atoms with van der Waals surface area (Å²) < 4.78 is 13.6. The van der Waals surface area contributed by atoms with Gasteiger partial charge in [-0.1, -0.05) is 17.7 Å². The molecule has 0 aliphatic heterocycles. The van der Waals surface area contributed by atoms with E-state index in [1.54, 1.807) is 24.3 Å². The Bertz CT molecular complexity index is 792. The van der Waals surface area contributed by atoms with Crippen LogP contribution in [-0.4, -0.2) is 16.8 Å². The molecular weight excluding hydrogens is 365 g/mol. The van der Waals surface area contributed by atoms with Gasteiger partial charge in [0.2, 0.25) is 5.91 Å². The molecule has 0 aromatic heterocycles. The van der Waals surface area contributed by atoms with E-state index in [4.69, 9.17) is 23.8 Å². The van der Waals surface area contributed by atoms with Gasteiger partial charge >= 0.3 is 0 Å². The van der Waals surface area contributed by atoms with Crippen LogP contribution in [-0.2, 0) is 11.2 Å². The molecule has 0 fully saturated rings. The average molecular weight is 380 g/mol. The van der Waals surface area contributed by atoms with Crippen LogP contribution >= 0.6 is 23.8 Å². The second kappa shape index (κ2) is 8.55. The Morgan fingerprint density at radius 2 is 1.80 bits per heavy atom. The first-order valence-electron chi connectivity index (χ1n) is 7.26. The van der Waals surface area contributed by atoms with E-state index in [1.807, 2.05) is 0 Å². The van der Waals surface area contributed by atoms with E-state index in [9.17, 15) is 14.0 Å². The van der Waals surface area contributed by atoms with E-state index < -0.39 is 11.7 Å². The summed E-state index contributed by atoms with van der Waals surface area (Å²) in [6, 6.07) is 10.9. The van der Waals surface area contributed by atoms with Crippen molar-refractivity contribution in [3.05, 3.63) is 64.4 Å². The molecule has 0 radical (unpaired) electrons. The smallest absolute Gasteiger partial charge is 0.242 e. The van der Waals surface area contributed by atoms with Crippen molar-refractivity contribution in [1.29, 1.82) is 0 Å². The van der Waals surface area contributed by atoms with Gasteiger partial charge in [-0.05, 0) is 55.5 Å². The predicted octanol–water partition coefficient (Wildman–Crippen LogP) is 3.24. The number of carbonyl (C=O) groups excluding carboxylic acids is 2. The molecule has 2 aromatic rings. The third kappa shape index (κ3) is 5.51. The predicted molar refractivity (Wildman–Crippen MR) is 99.1 cm³/mol. The van der Waals surface area contributed by atoms with Gasteiger partial charge in [-0.25, -0.2) is 4.39 Å². The lowest BCUT2D eigenvalue weighted by Gasteiger charge is -2.12. The summed E-state index contributed by atoms with van der Waals surface area (Å²) in [6.07, 6.45) is -0.228. The van der Waals surface area contributed by atoms with Crippen molar-refractivity contribution in [2.24, 2.45) is 0 Å². The van der Waals surface area contributed by atoms with Gasteiger partial charge in [-0.2, -0.15) is 0 Å². The molecule has 25 heavy (non-hydrogen) atoms. The number of rotatable bonds is 4. The zero-order chi connectivity index (χ0) is 18.4. The van der Waals surface area contributed by atoms with Crippen molar-refractivity contribution in [3.8, 4) is 0 Å². The number of carbonyl (C=O) groups is 2. The highest BCUT2D eigenvalue weighted by Gasteiger charge is 2.12. The Morgan fingerprint density at radius 1 is 1.12 bits per heavy atom. The Morgan fingerprint density at radius 3 is 2.40 bits per heavy atom. The Hall–Kier alpha value is -2.51. The molecule has 0 heterocycles. The number of halogens is 2.